The average Bonchev–Trinajstić information content (AvgIpc) is 2.65. The third-order valence-corrected chi connectivity index (χ3v) is 5.09. The molecule has 0 spiro atoms. The maximum absolute atomic E-state index is 11.9. The van der Waals surface area contributed by atoms with Gasteiger partial charge in [-0.3, -0.25) is 0 Å². The van der Waals surface area contributed by atoms with E-state index in [9.17, 15) is 13.2 Å². The lowest BCUT2D eigenvalue weighted by Crippen LogP contribution is -2.36. The van der Waals surface area contributed by atoms with Crippen molar-refractivity contribution in [3.05, 3.63) is 0 Å². The number of thioether (sulfide) groups is 2. The zero-order chi connectivity index (χ0) is 12.1. The van der Waals surface area contributed by atoms with E-state index in [2.05, 4.69) is 11.6 Å². The molecule has 6 heteroatoms. The van der Waals surface area contributed by atoms with Crippen LogP contribution in [0.2, 0.25) is 0 Å². The van der Waals surface area contributed by atoms with E-state index in [1.54, 1.807) is 0 Å². The van der Waals surface area contributed by atoms with Gasteiger partial charge >= 0.3 is 5.51 Å². The van der Waals surface area contributed by atoms with E-state index in [0.717, 1.165) is 6.54 Å². The first-order valence-electron chi connectivity index (χ1n) is 5.44. The third kappa shape index (κ3) is 5.19. The molecule has 0 unspecified atom stereocenters. The minimum atomic E-state index is -4.09. The van der Waals surface area contributed by atoms with E-state index in [1.807, 2.05) is 11.8 Å². The molecule has 0 radical (unpaired) electrons. The molecule has 0 saturated heterocycles. The Morgan fingerprint density at radius 3 is 2.38 bits per heavy atom. The van der Waals surface area contributed by atoms with Gasteiger partial charge in [0, 0.05) is 23.6 Å². The van der Waals surface area contributed by atoms with Gasteiger partial charge in [0.1, 0.15) is 0 Å². The number of hydrogen-bond acceptors (Lipinski definition) is 3. The van der Waals surface area contributed by atoms with Gasteiger partial charge in [-0.1, -0.05) is 12.8 Å². The van der Waals surface area contributed by atoms with Gasteiger partial charge in [0.2, 0.25) is 0 Å². The molecule has 1 aliphatic carbocycles. The van der Waals surface area contributed by atoms with E-state index in [1.165, 1.54) is 25.7 Å². The van der Waals surface area contributed by atoms with Crippen molar-refractivity contribution in [2.45, 2.75) is 35.9 Å². The summed E-state index contributed by atoms with van der Waals surface area (Å²) in [6, 6.07) is 0. The minimum absolute atomic E-state index is 0.0533. The highest BCUT2D eigenvalue weighted by Crippen LogP contribution is 2.39. The van der Waals surface area contributed by atoms with Gasteiger partial charge in [-0.2, -0.15) is 24.9 Å². The summed E-state index contributed by atoms with van der Waals surface area (Å²) in [5.41, 5.74) is -4.09. The Hall–Kier alpha value is 0.450. The van der Waals surface area contributed by atoms with Crippen LogP contribution in [0.4, 0.5) is 13.2 Å². The number of halogens is 3. The first-order chi connectivity index (χ1) is 7.47. The van der Waals surface area contributed by atoms with Crippen molar-refractivity contribution in [3.8, 4) is 0 Å². The minimum Gasteiger partial charge on any atom is -0.315 e. The van der Waals surface area contributed by atoms with Crippen LogP contribution in [-0.2, 0) is 0 Å². The van der Waals surface area contributed by atoms with Gasteiger partial charge in [0.15, 0.2) is 0 Å². The Balaban J connectivity index is 2.10. The first kappa shape index (κ1) is 14.5. The molecule has 0 amide bonds. The van der Waals surface area contributed by atoms with Crippen LogP contribution < -0.4 is 5.32 Å². The van der Waals surface area contributed by atoms with Gasteiger partial charge in [0.25, 0.3) is 0 Å². The van der Waals surface area contributed by atoms with Crippen LogP contribution in [0.1, 0.15) is 25.7 Å². The maximum atomic E-state index is 11.9. The molecule has 1 nitrogen and oxygen atoms in total. The molecule has 0 atom stereocenters. The lowest BCUT2D eigenvalue weighted by atomic mass is 10.1. The van der Waals surface area contributed by atoms with Crippen molar-refractivity contribution in [3.63, 3.8) is 0 Å². The first-order valence-corrected chi connectivity index (χ1v) is 7.65. The summed E-state index contributed by atoms with van der Waals surface area (Å²) in [6.45, 7) is 1.28. The van der Waals surface area contributed by atoms with Crippen molar-refractivity contribution in [1.29, 1.82) is 0 Å². The van der Waals surface area contributed by atoms with Gasteiger partial charge in [-0.15, -0.1) is 0 Å². The molecule has 0 bridgehead atoms. The fourth-order valence-corrected chi connectivity index (χ4v) is 3.45. The molecule has 0 aromatic heterocycles. The van der Waals surface area contributed by atoms with Crippen LogP contribution in [0.5, 0.6) is 0 Å². The molecule has 0 aromatic carbocycles. The smallest absolute Gasteiger partial charge is 0.315 e. The SMILES string of the molecule is CSC1(CNCCSC(F)(F)F)CCCC1. The molecule has 1 rings (SSSR count). The molecular formula is C10H18F3NS2. The molecular weight excluding hydrogens is 255 g/mol. The molecule has 1 fully saturated rings. The zero-order valence-electron chi connectivity index (χ0n) is 9.40. The summed E-state index contributed by atoms with van der Waals surface area (Å²) in [6.07, 6.45) is 6.97. The standard InChI is InChI=1S/C10H18F3NS2/c1-15-9(4-2-3-5-9)8-14-6-7-16-10(11,12)13/h14H,2-8H2,1H3. The monoisotopic (exact) mass is 273 g/mol. The number of alkyl halides is 3. The van der Waals surface area contributed by atoms with Crippen LogP contribution in [0, 0.1) is 0 Å². The summed E-state index contributed by atoms with van der Waals surface area (Å²) >= 11 is 1.91. The van der Waals surface area contributed by atoms with Crippen molar-refractivity contribution >= 4 is 23.5 Å². The second kappa shape index (κ2) is 6.40. The Labute approximate surface area is 103 Å². The summed E-state index contributed by atoms with van der Waals surface area (Å²) in [5, 5.41) is 3.15. The summed E-state index contributed by atoms with van der Waals surface area (Å²) in [4.78, 5) is 0. The van der Waals surface area contributed by atoms with E-state index in [0.29, 0.717) is 6.54 Å². The lowest BCUT2D eigenvalue weighted by molar-refractivity contribution is -0.0327. The third-order valence-electron chi connectivity index (χ3n) is 2.94. The quantitative estimate of drug-likeness (QED) is 0.744. The number of rotatable bonds is 6. The van der Waals surface area contributed by atoms with Crippen LogP contribution in [-0.4, -0.2) is 35.4 Å². The van der Waals surface area contributed by atoms with Gasteiger partial charge in [0.05, 0.1) is 0 Å². The predicted octanol–water partition coefficient (Wildman–Crippen LogP) is 3.50. The number of hydrogen-bond donors (Lipinski definition) is 1. The Kier molecular flexibility index (Phi) is 5.81. The Morgan fingerprint density at radius 2 is 1.88 bits per heavy atom. The summed E-state index contributed by atoms with van der Waals surface area (Å²) in [5.74, 6) is 0.105. The van der Waals surface area contributed by atoms with E-state index in [-0.39, 0.29) is 22.3 Å². The lowest BCUT2D eigenvalue weighted by Gasteiger charge is -2.27. The topological polar surface area (TPSA) is 12.0 Å². The van der Waals surface area contributed by atoms with E-state index >= 15 is 0 Å². The average molecular weight is 273 g/mol. The highest BCUT2D eigenvalue weighted by atomic mass is 32.2. The predicted molar refractivity (Wildman–Crippen MR) is 66.1 cm³/mol. The van der Waals surface area contributed by atoms with Gasteiger partial charge < -0.3 is 5.32 Å². The van der Waals surface area contributed by atoms with E-state index < -0.39 is 5.51 Å². The highest BCUT2D eigenvalue weighted by Gasteiger charge is 2.32. The van der Waals surface area contributed by atoms with Crippen LogP contribution in [0.25, 0.3) is 0 Å². The fraction of sp³-hybridized carbons (Fsp3) is 1.00. The van der Waals surface area contributed by atoms with E-state index in [4.69, 9.17) is 0 Å². The zero-order valence-corrected chi connectivity index (χ0v) is 11.0. The highest BCUT2D eigenvalue weighted by molar-refractivity contribution is 8.00. The molecule has 16 heavy (non-hydrogen) atoms. The van der Waals surface area contributed by atoms with Crippen molar-refractivity contribution < 1.29 is 13.2 Å². The molecule has 1 saturated carbocycles. The second-order valence-electron chi connectivity index (χ2n) is 4.07. The molecule has 1 N–H and O–H groups in total. The molecule has 1 aliphatic rings. The second-order valence-corrected chi connectivity index (χ2v) is 6.50. The van der Waals surface area contributed by atoms with Crippen molar-refractivity contribution in [2.75, 3.05) is 25.1 Å². The Morgan fingerprint density at radius 1 is 1.25 bits per heavy atom. The van der Waals surface area contributed by atoms with Crippen LogP contribution in [0.15, 0.2) is 0 Å². The van der Waals surface area contributed by atoms with Gasteiger partial charge in [-0.05, 0) is 30.9 Å². The van der Waals surface area contributed by atoms with Crippen LogP contribution in [0.3, 0.4) is 0 Å². The molecule has 96 valence electrons. The largest absolute Gasteiger partial charge is 0.441 e. The molecule has 0 heterocycles. The number of nitrogens with one attached hydrogen (secondary N) is 1. The van der Waals surface area contributed by atoms with Crippen LogP contribution >= 0.6 is 23.5 Å². The summed E-state index contributed by atoms with van der Waals surface area (Å²) < 4.78 is 35.9. The van der Waals surface area contributed by atoms with Crippen molar-refractivity contribution in [2.24, 2.45) is 0 Å². The van der Waals surface area contributed by atoms with Crippen molar-refractivity contribution in [1.82, 2.24) is 5.32 Å². The Bertz CT molecular complexity index is 203. The summed E-state index contributed by atoms with van der Waals surface area (Å²) in [7, 11) is 0. The van der Waals surface area contributed by atoms with Gasteiger partial charge in [-0.25, -0.2) is 0 Å². The molecule has 0 aromatic rings. The normalized spacial score (nSPS) is 20.2. The maximum Gasteiger partial charge on any atom is 0.441 e. The fourth-order valence-electron chi connectivity index (χ4n) is 2.03. The molecule has 0 aliphatic heterocycles.